The van der Waals surface area contributed by atoms with Crippen molar-refractivity contribution in [2.24, 2.45) is 5.41 Å². The zero-order valence-corrected chi connectivity index (χ0v) is 18.8. The molecule has 1 aromatic rings. The number of para-hydroxylation sites is 1. The van der Waals surface area contributed by atoms with E-state index in [0.29, 0.717) is 16.3 Å². The molecule has 1 heterocycles. The number of amides is 1. The Bertz CT molecular complexity index is 744. The van der Waals surface area contributed by atoms with Crippen molar-refractivity contribution in [3.63, 3.8) is 0 Å². The minimum Gasteiger partial charge on any atom is -0.473 e. The monoisotopic (exact) mass is 419 g/mol. The number of carbonyl (C=O) groups excluding carboxylic acids is 2. The molecule has 1 unspecified atom stereocenters. The summed E-state index contributed by atoms with van der Waals surface area (Å²) in [6.45, 7) is 8.36. The summed E-state index contributed by atoms with van der Waals surface area (Å²) in [4.78, 5) is 25.5. The van der Waals surface area contributed by atoms with Crippen LogP contribution in [0.2, 0.25) is 0 Å². The Kier molecular flexibility index (Phi) is 8.62. The summed E-state index contributed by atoms with van der Waals surface area (Å²) in [7, 11) is 0. The second-order valence-electron chi connectivity index (χ2n) is 8.15. The fourth-order valence-corrected chi connectivity index (χ4v) is 3.76. The third kappa shape index (κ3) is 6.01. The van der Waals surface area contributed by atoms with E-state index in [1.54, 1.807) is 25.1 Å². The van der Waals surface area contributed by atoms with Crippen LogP contribution in [0.4, 0.5) is 5.69 Å². The number of unbranched alkanes of at least 4 members (excludes halogenated alkanes) is 5. The second-order valence-corrected chi connectivity index (χ2v) is 8.59. The van der Waals surface area contributed by atoms with Gasteiger partial charge in [-0.2, -0.15) is 0 Å². The van der Waals surface area contributed by atoms with E-state index >= 15 is 0 Å². The van der Waals surface area contributed by atoms with Gasteiger partial charge in [-0.05, 0) is 25.5 Å². The Balaban J connectivity index is 2.05. The van der Waals surface area contributed by atoms with Gasteiger partial charge >= 0.3 is 5.97 Å². The Morgan fingerprint density at radius 2 is 1.86 bits per heavy atom. The molecule has 1 aliphatic heterocycles. The van der Waals surface area contributed by atoms with E-state index < -0.39 is 12.1 Å². The molecule has 1 atom stereocenters. The van der Waals surface area contributed by atoms with Crippen LogP contribution < -0.4 is 10.1 Å². The first-order valence-electron chi connectivity index (χ1n) is 10.6. The maximum Gasteiger partial charge on any atom is 0.340 e. The first-order chi connectivity index (χ1) is 13.8. The van der Waals surface area contributed by atoms with Gasteiger partial charge in [0.2, 0.25) is 6.10 Å². The van der Waals surface area contributed by atoms with E-state index in [1.807, 2.05) is 0 Å². The average Bonchev–Trinajstić information content (AvgIpc) is 2.69. The number of esters is 1. The summed E-state index contributed by atoms with van der Waals surface area (Å²) in [5.74, 6) is -0.384. The van der Waals surface area contributed by atoms with Gasteiger partial charge in [0.15, 0.2) is 0 Å². The number of anilines is 1. The summed E-state index contributed by atoms with van der Waals surface area (Å²) in [6, 6.07) is 5.06. The topological polar surface area (TPSA) is 64.6 Å². The fraction of sp³-hybridized carbons (Fsp3) is 0.609. The molecule has 1 N–H and O–H groups in total. The van der Waals surface area contributed by atoms with Crippen LogP contribution in [-0.4, -0.2) is 29.5 Å². The zero-order valence-electron chi connectivity index (χ0n) is 18.0. The Labute approximate surface area is 179 Å². The van der Waals surface area contributed by atoms with Gasteiger partial charge in [0, 0.05) is 10.3 Å². The van der Waals surface area contributed by atoms with Crippen LogP contribution in [-0.2, 0) is 9.53 Å². The number of benzene rings is 1. The lowest BCUT2D eigenvalue weighted by Crippen LogP contribution is -2.47. The number of carbonyl (C=O) groups is 2. The molecule has 1 aromatic carbocycles. The quantitative estimate of drug-likeness (QED) is 0.283. The lowest BCUT2D eigenvalue weighted by Gasteiger charge is -2.34. The van der Waals surface area contributed by atoms with Crippen molar-refractivity contribution in [3.8, 4) is 5.75 Å². The molecule has 0 fully saturated rings. The highest BCUT2D eigenvalue weighted by atomic mass is 32.1. The largest absolute Gasteiger partial charge is 0.473 e. The molecule has 0 saturated heterocycles. The Hall–Kier alpha value is -1.95. The van der Waals surface area contributed by atoms with Gasteiger partial charge < -0.3 is 14.8 Å². The predicted molar refractivity (Wildman–Crippen MR) is 120 cm³/mol. The van der Waals surface area contributed by atoms with E-state index in [0.717, 1.165) is 12.8 Å². The van der Waals surface area contributed by atoms with Crippen LogP contribution in [0.3, 0.4) is 0 Å². The predicted octanol–water partition coefficient (Wildman–Crippen LogP) is 5.71. The van der Waals surface area contributed by atoms with Gasteiger partial charge in [-0.25, -0.2) is 4.79 Å². The molecule has 0 radical (unpaired) electrons. The van der Waals surface area contributed by atoms with Crippen molar-refractivity contribution in [1.29, 1.82) is 0 Å². The van der Waals surface area contributed by atoms with E-state index in [4.69, 9.17) is 21.7 Å². The molecular weight excluding hydrogens is 386 g/mol. The summed E-state index contributed by atoms with van der Waals surface area (Å²) >= 11 is 5.68. The first-order valence-corrected chi connectivity index (χ1v) is 11.0. The highest BCUT2D eigenvalue weighted by Gasteiger charge is 2.39. The average molecular weight is 420 g/mol. The van der Waals surface area contributed by atoms with Gasteiger partial charge in [0.25, 0.3) is 5.91 Å². The number of ether oxygens (including phenoxy) is 2. The third-order valence-corrected chi connectivity index (χ3v) is 6.08. The van der Waals surface area contributed by atoms with Crippen LogP contribution in [0, 0.1) is 5.41 Å². The molecule has 0 saturated carbocycles. The van der Waals surface area contributed by atoms with Crippen molar-refractivity contribution < 1.29 is 19.1 Å². The van der Waals surface area contributed by atoms with Crippen molar-refractivity contribution in [2.75, 3.05) is 11.9 Å². The molecular formula is C23H33NO4S. The second kappa shape index (κ2) is 10.7. The highest BCUT2D eigenvalue weighted by Crippen LogP contribution is 2.37. The molecule has 29 heavy (non-hydrogen) atoms. The lowest BCUT2D eigenvalue weighted by atomic mass is 9.80. The van der Waals surface area contributed by atoms with Gasteiger partial charge in [-0.15, -0.1) is 0 Å². The molecule has 160 valence electrons. The van der Waals surface area contributed by atoms with Crippen molar-refractivity contribution in [2.45, 2.75) is 78.7 Å². The van der Waals surface area contributed by atoms with Gasteiger partial charge in [0.05, 0.1) is 17.9 Å². The molecule has 6 heteroatoms. The normalized spacial score (nSPS) is 15.9. The van der Waals surface area contributed by atoms with Crippen LogP contribution >= 0.6 is 12.2 Å². The molecule has 2 rings (SSSR count). The SMILES string of the molecule is CCCCCCCCC(C)(C)C(=S)C1Oc2cccc(C(=O)OCC)c2NC1=O. The lowest BCUT2D eigenvalue weighted by molar-refractivity contribution is -0.121. The molecule has 5 nitrogen and oxygen atoms in total. The van der Waals surface area contributed by atoms with Gasteiger partial charge in [0.1, 0.15) is 5.75 Å². The zero-order chi connectivity index (χ0) is 21.4. The van der Waals surface area contributed by atoms with Crippen LogP contribution in [0.5, 0.6) is 5.75 Å². The molecule has 0 spiro atoms. The number of hydrogen-bond donors (Lipinski definition) is 1. The van der Waals surface area contributed by atoms with E-state index in [2.05, 4.69) is 26.1 Å². The van der Waals surface area contributed by atoms with Gasteiger partial charge in [-0.3, -0.25) is 4.79 Å². The third-order valence-electron chi connectivity index (χ3n) is 5.31. The minimum absolute atomic E-state index is 0.261. The molecule has 0 bridgehead atoms. The van der Waals surface area contributed by atoms with Gasteiger partial charge in [-0.1, -0.05) is 77.6 Å². The number of rotatable bonds is 11. The fourth-order valence-electron chi connectivity index (χ4n) is 3.50. The van der Waals surface area contributed by atoms with E-state index in [-0.39, 0.29) is 23.5 Å². The molecule has 0 aliphatic carbocycles. The van der Waals surface area contributed by atoms with Crippen LogP contribution in [0.1, 0.15) is 83.0 Å². The smallest absolute Gasteiger partial charge is 0.340 e. The van der Waals surface area contributed by atoms with Crippen LogP contribution in [0.25, 0.3) is 0 Å². The minimum atomic E-state index is -0.843. The van der Waals surface area contributed by atoms with Crippen molar-refractivity contribution >= 4 is 34.6 Å². The standard InChI is InChI=1S/C23H33NO4S/c1-5-7-8-9-10-11-15-23(3,4)20(29)19-21(25)24-18-16(22(26)27-6-2)13-12-14-17(18)28-19/h12-14,19H,5-11,15H2,1-4H3,(H,24,25). The highest BCUT2D eigenvalue weighted by molar-refractivity contribution is 7.80. The number of nitrogens with one attached hydrogen (secondary N) is 1. The summed E-state index contributed by atoms with van der Waals surface area (Å²) in [5.41, 5.74) is 0.343. The summed E-state index contributed by atoms with van der Waals surface area (Å²) in [5, 5.41) is 2.81. The summed E-state index contributed by atoms with van der Waals surface area (Å²) < 4.78 is 11.0. The van der Waals surface area contributed by atoms with Crippen molar-refractivity contribution in [3.05, 3.63) is 23.8 Å². The molecule has 1 aliphatic rings. The maximum atomic E-state index is 12.8. The maximum absolute atomic E-state index is 12.8. The van der Waals surface area contributed by atoms with E-state index in [9.17, 15) is 9.59 Å². The van der Waals surface area contributed by atoms with E-state index in [1.165, 1.54) is 32.1 Å². The Morgan fingerprint density at radius 3 is 2.55 bits per heavy atom. The van der Waals surface area contributed by atoms with Crippen molar-refractivity contribution in [1.82, 2.24) is 0 Å². The molecule has 0 aromatic heterocycles. The van der Waals surface area contributed by atoms with Crippen LogP contribution in [0.15, 0.2) is 18.2 Å². The Morgan fingerprint density at radius 1 is 1.17 bits per heavy atom. The first kappa shape index (κ1) is 23.3. The number of hydrogen-bond acceptors (Lipinski definition) is 5. The number of thiocarbonyl (C=S) groups is 1. The summed E-state index contributed by atoms with van der Waals surface area (Å²) in [6.07, 6.45) is 7.36. The number of fused-ring (bicyclic) bond motifs is 1. The molecule has 1 amide bonds.